The normalized spacial score (nSPS) is 16.9. The lowest BCUT2D eigenvalue weighted by atomic mass is 10.1. The summed E-state index contributed by atoms with van der Waals surface area (Å²) in [5, 5.41) is 0. The second-order valence-corrected chi connectivity index (χ2v) is 5.25. The predicted octanol–water partition coefficient (Wildman–Crippen LogP) is 0.898. The number of nitrogens with zero attached hydrogens (tertiary/aromatic N) is 2. The molecule has 1 fully saturated rings. The molecule has 0 unspecified atom stereocenters. The number of nitrogen functional groups attached to an aromatic ring is 1. The van der Waals surface area contributed by atoms with Gasteiger partial charge in [0.25, 0.3) is 0 Å². The molecule has 0 radical (unpaired) electrons. The van der Waals surface area contributed by atoms with Crippen LogP contribution >= 0.6 is 0 Å². The van der Waals surface area contributed by atoms with Crippen molar-refractivity contribution in [3.05, 3.63) is 23.8 Å². The number of piperazine rings is 1. The highest BCUT2D eigenvalue weighted by molar-refractivity contribution is 5.94. The summed E-state index contributed by atoms with van der Waals surface area (Å²) in [6, 6.07) is 5.87. The molecule has 0 aliphatic carbocycles. The smallest absolute Gasteiger partial charge is 0.248 e. The molecule has 5 nitrogen and oxygen atoms in total. The van der Waals surface area contributed by atoms with E-state index in [4.69, 9.17) is 11.5 Å². The van der Waals surface area contributed by atoms with Gasteiger partial charge in [0.05, 0.1) is 11.4 Å². The van der Waals surface area contributed by atoms with Crippen LogP contribution in [0.4, 0.5) is 11.4 Å². The summed E-state index contributed by atoms with van der Waals surface area (Å²) in [6.45, 7) is 8.41. The minimum Gasteiger partial charge on any atom is -0.397 e. The lowest BCUT2D eigenvalue weighted by molar-refractivity contribution is 0.100. The molecule has 2 rings (SSSR count). The number of anilines is 2. The van der Waals surface area contributed by atoms with Crippen molar-refractivity contribution in [1.82, 2.24) is 4.90 Å². The molecule has 19 heavy (non-hydrogen) atoms. The molecule has 1 amide bonds. The summed E-state index contributed by atoms with van der Waals surface area (Å²) in [5.41, 5.74) is 13.3. The highest BCUT2D eigenvalue weighted by Gasteiger charge is 2.20. The zero-order valence-corrected chi connectivity index (χ0v) is 11.6. The number of nitrogens with two attached hydrogens (primary N) is 2. The second kappa shape index (κ2) is 5.48. The maximum absolute atomic E-state index is 11.1. The average molecular weight is 262 g/mol. The van der Waals surface area contributed by atoms with E-state index in [2.05, 4.69) is 23.6 Å². The van der Waals surface area contributed by atoms with Crippen LogP contribution in [-0.4, -0.2) is 43.0 Å². The summed E-state index contributed by atoms with van der Waals surface area (Å²) < 4.78 is 0. The van der Waals surface area contributed by atoms with E-state index in [1.165, 1.54) is 0 Å². The maximum Gasteiger partial charge on any atom is 0.248 e. The summed E-state index contributed by atoms with van der Waals surface area (Å²) >= 11 is 0. The van der Waals surface area contributed by atoms with Crippen LogP contribution in [0.3, 0.4) is 0 Å². The van der Waals surface area contributed by atoms with Gasteiger partial charge in [-0.05, 0) is 32.0 Å². The second-order valence-electron chi connectivity index (χ2n) is 5.25. The number of hydrogen-bond acceptors (Lipinski definition) is 4. The Labute approximate surface area is 114 Å². The molecule has 4 N–H and O–H groups in total. The Morgan fingerprint density at radius 2 is 1.84 bits per heavy atom. The van der Waals surface area contributed by atoms with Gasteiger partial charge in [-0.25, -0.2) is 0 Å². The Morgan fingerprint density at radius 3 is 2.32 bits per heavy atom. The third-order valence-corrected chi connectivity index (χ3v) is 3.70. The first kappa shape index (κ1) is 13.7. The van der Waals surface area contributed by atoms with Crippen LogP contribution in [0.1, 0.15) is 24.2 Å². The molecule has 0 aromatic heterocycles. The fourth-order valence-corrected chi connectivity index (χ4v) is 2.47. The largest absolute Gasteiger partial charge is 0.397 e. The third-order valence-electron chi connectivity index (χ3n) is 3.70. The van der Waals surface area contributed by atoms with Crippen LogP contribution in [-0.2, 0) is 0 Å². The van der Waals surface area contributed by atoms with Gasteiger partial charge in [-0.1, -0.05) is 0 Å². The van der Waals surface area contributed by atoms with Crippen molar-refractivity contribution < 1.29 is 4.79 Å². The van der Waals surface area contributed by atoms with E-state index in [9.17, 15) is 4.79 Å². The average Bonchev–Trinajstić information content (AvgIpc) is 2.38. The number of amides is 1. The zero-order valence-electron chi connectivity index (χ0n) is 11.6. The van der Waals surface area contributed by atoms with Crippen molar-refractivity contribution in [3.8, 4) is 0 Å². The maximum atomic E-state index is 11.1. The van der Waals surface area contributed by atoms with Crippen molar-refractivity contribution in [3.63, 3.8) is 0 Å². The van der Waals surface area contributed by atoms with Crippen molar-refractivity contribution >= 4 is 17.3 Å². The number of benzene rings is 1. The molecule has 1 aromatic carbocycles. The number of carbonyl (C=O) groups is 1. The Hall–Kier alpha value is -1.75. The van der Waals surface area contributed by atoms with E-state index in [1.54, 1.807) is 12.1 Å². The fraction of sp³-hybridized carbons (Fsp3) is 0.500. The topological polar surface area (TPSA) is 75.6 Å². The number of primary amides is 1. The molecule has 1 aliphatic rings. The zero-order chi connectivity index (χ0) is 14.0. The first-order valence-electron chi connectivity index (χ1n) is 6.67. The van der Waals surface area contributed by atoms with E-state index < -0.39 is 5.91 Å². The molecule has 1 aliphatic heterocycles. The monoisotopic (exact) mass is 262 g/mol. The number of hydrogen-bond donors (Lipinski definition) is 2. The van der Waals surface area contributed by atoms with Gasteiger partial charge in [0, 0.05) is 37.8 Å². The first-order chi connectivity index (χ1) is 8.99. The number of carbonyl (C=O) groups excluding carboxylic acids is 1. The van der Waals surface area contributed by atoms with Crippen molar-refractivity contribution in [2.45, 2.75) is 19.9 Å². The summed E-state index contributed by atoms with van der Waals surface area (Å²) in [5.74, 6) is -0.442. The summed E-state index contributed by atoms with van der Waals surface area (Å²) in [6.07, 6.45) is 0. The molecule has 0 atom stereocenters. The Bertz CT molecular complexity index is 465. The molecule has 0 spiro atoms. The van der Waals surface area contributed by atoms with Gasteiger partial charge in [0.1, 0.15) is 0 Å². The predicted molar refractivity (Wildman–Crippen MR) is 78.3 cm³/mol. The van der Waals surface area contributed by atoms with Gasteiger partial charge in [0.2, 0.25) is 5.91 Å². The van der Waals surface area contributed by atoms with E-state index in [0.717, 1.165) is 31.9 Å². The Morgan fingerprint density at radius 1 is 1.21 bits per heavy atom. The molecular weight excluding hydrogens is 240 g/mol. The lowest BCUT2D eigenvalue weighted by Gasteiger charge is -2.38. The minimum absolute atomic E-state index is 0.442. The molecule has 1 saturated heterocycles. The van der Waals surface area contributed by atoms with Gasteiger partial charge in [-0.15, -0.1) is 0 Å². The molecule has 5 heteroatoms. The van der Waals surface area contributed by atoms with Crippen LogP contribution < -0.4 is 16.4 Å². The van der Waals surface area contributed by atoms with E-state index >= 15 is 0 Å². The summed E-state index contributed by atoms with van der Waals surface area (Å²) in [7, 11) is 0. The van der Waals surface area contributed by atoms with Gasteiger partial charge < -0.3 is 16.4 Å². The lowest BCUT2D eigenvalue weighted by Crippen LogP contribution is -2.49. The van der Waals surface area contributed by atoms with Crippen LogP contribution in [0, 0.1) is 0 Å². The Kier molecular flexibility index (Phi) is 3.95. The molecule has 0 bridgehead atoms. The molecule has 104 valence electrons. The van der Waals surface area contributed by atoms with Gasteiger partial charge >= 0.3 is 0 Å². The highest BCUT2D eigenvalue weighted by Crippen LogP contribution is 2.25. The Balaban J connectivity index is 2.09. The first-order valence-corrected chi connectivity index (χ1v) is 6.67. The van der Waals surface area contributed by atoms with Crippen molar-refractivity contribution in [2.75, 3.05) is 36.8 Å². The van der Waals surface area contributed by atoms with Gasteiger partial charge in [-0.2, -0.15) is 0 Å². The molecule has 0 saturated carbocycles. The van der Waals surface area contributed by atoms with Crippen molar-refractivity contribution in [2.24, 2.45) is 5.73 Å². The number of rotatable bonds is 3. The van der Waals surface area contributed by atoms with E-state index in [1.807, 2.05) is 6.07 Å². The fourth-order valence-electron chi connectivity index (χ4n) is 2.47. The van der Waals surface area contributed by atoms with Crippen molar-refractivity contribution in [1.29, 1.82) is 0 Å². The standard InChI is InChI=1S/C14H22N4O/c1-10(2)17-5-7-18(8-6-17)13-4-3-11(14(16)19)9-12(13)15/h3-4,9-10H,5-8,15H2,1-2H3,(H2,16,19). The molecule has 1 heterocycles. The van der Waals surface area contributed by atoms with E-state index in [-0.39, 0.29) is 0 Å². The molecule has 1 aromatic rings. The van der Waals surface area contributed by atoms with Crippen LogP contribution in [0.2, 0.25) is 0 Å². The SMILES string of the molecule is CC(C)N1CCN(c2ccc(C(N)=O)cc2N)CC1. The third kappa shape index (κ3) is 2.98. The quantitative estimate of drug-likeness (QED) is 0.794. The van der Waals surface area contributed by atoms with Crippen LogP contribution in [0.25, 0.3) is 0 Å². The van der Waals surface area contributed by atoms with Gasteiger partial charge in [-0.3, -0.25) is 9.69 Å². The van der Waals surface area contributed by atoms with Crippen LogP contribution in [0.5, 0.6) is 0 Å². The minimum atomic E-state index is -0.442. The van der Waals surface area contributed by atoms with Crippen LogP contribution in [0.15, 0.2) is 18.2 Å². The summed E-state index contributed by atoms with van der Waals surface area (Å²) in [4.78, 5) is 15.8. The van der Waals surface area contributed by atoms with E-state index in [0.29, 0.717) is 17.3 Å². The molecular formula is C14H22N4O. The van der Waals surface area contributed by atoms with Gasteiger partial charge in [0.15, 0.2) is 0 Å². The highest BCUT2D eigenvalue weighted by atomic mass is 16.1.